The summed E-state index contributed by atoms with van der Waals surface area (Å²) in [6.07, 6.45) is 1.85. The van der Waals surface area contributed by atoms with Gasteiger partial charge in [0.25, 0.3) is 0 Å². The summed E-state index contributed by atoms with van der Waals surface area (Å²) in [7, 11) is 4.12. The molecule has 6 nitrogen and oxygen atoms in total. The van der Waals surface area contributed by atoms with Crippen LogP contribution in [0.15, 0.2) is 36.5 Å². The van der Waals surface area contributed by atoms with E-state index in [1.165, 1.54) is 10.9 Å². The number of aryl methyl sites for hydroxylation is 1. The first-order valence-electron chi connectivity index (χ1n) is 9.48. The predicted octanol–water partition coefficient (Wildman–Crippen LogP) is 3.86. The Hall–Kier alpha value is -2.83. The van der Waals surface area contributed by atoms with E-state index in [1.54, 1.807) is 13.0 Å². The van der Waals surface area contributed by atoms with Crippen LogP contribution in [0.4, 0.5) is 5.82 Å². The van der Waals surface area contributed by atoms with E-state index in [0.717, 1.165) is 46.1 Å². The summed E-state index contributed by atoms with van der Waals surface area (Å²) in [6, 6.07) is 9.67. The molecule has 6 heteroatoms. The van der Waals surface area contributed by atoms with Crippen LogP contribution in [0.1, 0.15) is 12.5 Å². The van der Waals surface area contributed by atoms with E-state index in [2.05, 4.69) is 53.3 Å². The van der Waals surface area contributed by atoms with Crippen molar-refractivity contribution >= 4 is 38.4 Å². The molecule has 0 fully saturated rings. The van der Waals surface area contributed by atoms with Gasteiger partial charge < -0.3 is 25.4 Å². The van der Waals surface area contributed by atoms with Crippen molar-refractivity contribution in [2.75, 3.05) is 39.1 Å². The number of H-pyrrole nitrogens is 1. The lowest BCUT2D eigenvalue weighted by Gasteiger charge is -2.13. The Morgan fingerprint density at radius 3 is 2.54 bits per heavy atom. The highest BCUT2D eigenvalue weighted by Crippen LogP contribution is 2.36. The molecule has 0 radical (unpaired) electrons. The maximum Gasteiger partial charge on any atom is 0.133 e. The number of anilines is 1. The Labute approximate surface area is 164 Å². The minimum Gasteiger partial charge on any atom is -0.508 e. The largest absolute Gasteiger partial charge is 0.508 e. The number of phenolic OH excluding ortho intramolecular Hbond substituents is 1. The topological polar surface area (TPSA) is 84.4 Å². The fourth-order valence-corrected chi connectivity index (χ4v) is 3.41. The van der Waals surface area contributed by atoms with Crippen molar-refractivity contribution in [2.45, 2.75) is 13.8 Å². The monoisotopic (exact) mass is 380 g/mol. The molecule has 4 aromatic rings. The number of likely N-dealkylation sites (N-methyl/N-ethyl adjacent to an activating group) is 1. The van der Waals surface area contributed by atoms with E-state index in [-0.39, 0.29) is 12.4 Å². The average Bonchev–Trinajstić information content (AvgIpc) is 3.01. The number of rotatable bonds is 4. The third-order valence-electron chi connectivity index (χ3n) is 4.73. The summed E-state index contributed by atoms with van der Waals surface area (Å²) in [5.41, 5.74) is 3.33. The molecular formula is C22H28N4O2. The number of nitrogens with zero attached hydrogens (tertiary/aromatic N) is 2. The summed E-state index contributed by atoms with van der Waals surface area (Å²) < 4.78 is 0. The van der Waals surface area contributed by atoms with Gasteiger partial charge in [-0.05, 0) is 69.2 Å². The molecule has 0 unspecified atom stereocenters. The Morgan fingerprint density at radius 2 is 1.82 bits per heavy atom. The van der Waals surface area contributed by atoms with Crippen LogP contribution in [0.2, 0.25) is 0 Å². The first kappa shape index (κ1) is 19.9. The Bertz CT molecular complexity index is 1100. The van der Waals surface area contributed by atoms with E-state index in [0.29, 0.717) is 0 Å². The molecule has 0 atom stereocenters. The van der Waals surface area contributed by atoms with Gasteiger partial charge in [-0.15, -0.1) is 0 Å². The Kier molecular flexibility index (Phi) is 6.02. The van der Waals surface area contributed by atoms with Gasteiger partial charge in [0.15, 0.2) is 0 Å². The van der Waals surface area contributed by atoms with Crippen molar-refractivity contribution in [1.29, 1.82) is 0 Å². The van der Waals surface area contributed by atoms with Gasteiger partial charge in [0.05, 0.1) is 5.52 Å². The number of fused-ring (bicyclic) bond motifs is 4. The van der Waals surface area contributed by atoms with Crippen molar-refractivity contribution < 1.29 is 10.2 Å². The summed E-state index contributed by atoms with van der Waals surface area (Å²) in [5.74, 6) is 1.18. The molecule has 0 saturated heterocycles. The fourth-order valence-electron chi connectivity index (χ4n) is 3.41. The van der Waals surface area contributed by atoms with E-state index in [9.17, 15) is 5.11 Å². The minimum absolute atomic E-state index is 0.250. The first-order chi connectivity index (χ1) is 13.5. The number of aromatic nitrogens is 2. The zero-order valence-corrected chi connectivity index (χ0v) is 16.9. The van der Waals surface area contributed by atoms with Crippen molar-refractivity contribution in [3.05, 3.63) is 42.1 Å². The quantitative estimate of drug-likeness (QED) is 0.432. The third kappa shape index (κ3) is 3.88. The molecular weight excluding hydrogens is 352 g/mol. The van der Waals surface area contributed by atoms with Crippen LogP contribution < -0.4 is 5.32 Å². The van der Waals surface area contributed by atoms with Crippen molar-refractivity contribution in [3.8, 4) is 5.75 Å². The third-order valence-corrected chi connectivity index (χ3v) is 4.73. The lowest BCUT2D eigenvalue weighted by Crippen LogP contribution is -2.21. The smallest absolute Gasteiger partial charge is 0.133 e. The van der Waals surface area contributed by atoms with Gasteiger partial charge in [0.2, 0.25) is 0 Å². The highest BCUT2D eigenvalue weighted by Gasteiger charge is 2.13. The fraction of sp³-hybridized carbons (Fsp3) is 0.318. The zero-order chi connectivity index (χ0) is 20.3. The molecule has 4 rings (SSSR count). The van der Waals surface area contributed by atoms with Gasteiger partial charge >= 0.3 is 0 Å². The molecule has 0 aliphatic rings. The van der Waals surface area contributed by atoms with Crippen LogP contribution in [0, 0.1) is 6.92 Å². The average molecular weight is 380 g/mol. The van der Waals surface area contributed by atoms with Crippen molar-refractivity contribution in [3.63, 3.8) is 0 Å². The number of nitrogens with one attached hydrogen (secondary N) is 2. The molecule has 0 spiro atoms. The molecule has 0 saturated carbocycles. The van der Waals surface area contributed by atoms with Crippen LogP contribution in [0.5, 0.6) is 5.75 Å². The van der Waals surface area contributed by atoms with Crippen LogP contribution >= 0.6 is 0 Å². The second-order valence-corrected chi connectivity index (χ2v) is 7.08. The summed E-state index contributed by atoms with van der Waals surface area (Å²) in [4.78, 5) is 10.2. The van der Waals surface area contributed by atoms with Crippen molar-refractivity contribution in [2.24, 2.45) is 0 Å². The standard InChI is InChI=1S/C20H22N4O.C2H6O/c1-12-14-6-7-21-20(22-8-9-24(2)3)17(14)11-16-15-10-13(25)4-5-18(15)23-19(12)16;1-2-3/h4-7,10-11,23,25H,8-9H2,1-3H3,(H,21,22);3H,2H2,1H3. The van der Waals surface area contributed by atoms with Gasteiger partial charge in [0, 0.05) is 47.6 Å². The van der Waals surface area contributed by atoms with Crippen LogP contribution in [-0.2, 0) is 0 Å². The van der Waals surface area contributed by atoms with Crippen LogP contribution in [-0.4, -0.2) is 58.9 Å². The van der Waals surface area contributed by atoms with Crippen LogP contribution in [0.25, 0.3) is 32.6 Å². The normalized spacial score (nSPS) is 11.2. The number of aliphatic hydroxyl groups is 1. The number of hydrogen-bond donors (Lipinski definition) is 4. The number of pyridine rings is 1. The molecule has 0 aliphatic heterocycles. The molecule has 4 N–H and O–H groups in total. The molecule has 2 heterocycles. The van der Waals surface area contributed by atoms with Crippen molar-refractivity contribution in [1.82, 2.24) is 14.9 Å². The van der Waals surface area contributed by atoms with Crippen LogP contribution in [0.3, 0.4) is 0 Å². The maximum absolute atomic E-state index is 9.87. The molecule has 2 aromatic heterocycles. The second-order valence-electron chi connectivity index (χ2n) is 7.08. The summed E-state index contributed by atoms with van der Waals surface area (Å²) in [5, 5.41) is 25.3. The highest BCUT2D eigenvalue weighted by atomic mass is 16.3. The number of aromatic hydroxyl groups is 1. The first-order valence-corrected chi connectivity index (χ1v) is 9.48. The van der Waals surface area contributed by atoms with E-state index in [4.69, 9.17) is 5.11 Å². The van der Waals surface area contributed by atoms with Gasteiger partial charge in [-0.3, -0.25) is 0 Å². The number of aliphatic hydroxyl groups excluding tert-OH is 1. The predicted molar refractivity (Wildman–Crippen MR) is 117 cm³/mol. The second kappa shape index (κ2) is 8.46. The molecule has 28 heavy (non-hydrogen) atoms. The van der Waals surface area contributed by atoms with E-state index in [1.807, 2.05) is 18.3 Å². The summed E-state index contributed by atoms with van der Waals surface area (Å²) >= 11 is 0. The molecule has 0 amide bonds. The van der Waals surface area contributed by atoms with Gasteiger partial charge in [-0.1, -0.05) is 0 Å². The number of benzene rings is 2. The lowest BCUT2D eigenvalue weighted by molar-refractivity contribution is 0.318. The van der Waals surface area contributed by atoms with Gasteiger partial charge in [-0.25, -0.2) is 4.98 Å². The van der Waals surface area contributed by atoms with Gasteiger partial charge in [0.1, 0.15) is 11.6 Å². The molecule has 2 aromatic carbocycles. The number of aromatic amines is 1. The molecule has 0 bridgehead atoms. The maximum atomic E-state index is 9.87. The SMILES string of the molecule is CCO.Cc1c2ccnc(NCCN(C)C)c2cc2c1[nH]c1ccc(O)cc12. The zero-order valence-electron chi connectivity index (χ0n) is 16.9. The number of hydrogen-bond acceptors (Lipinski definition) is 5. The van der Waals surface area contributed by atoms with Gasteiger partial charge in [-0.2, -0.15) is 0 Å². The summed E-state index contributed by atoms with van der Waals surface area (Å²) in [6.45, 7) is 5.84. The minimum atomic E-state index is 0.250. The Morgan fingerprint density at radius 1 is 1.07 bits per heavy atom. The number of phenols is 1. The lowest BCUT2D eigenvalue weighted by atomic mass is 10.0. The molecule has 0 aliphatic carbocycles. The van der Waals surface area contributed by atoms with E-state index >= 15 is 0 Å². The molecule has 148 valence electrons. The highest BCUT2D eigenvalue weighted by molar-refractivity contribution is 6.15. The Balaban J connectivity index is 0.000000706. The van der Waals surface area contributed by atoms with E-state index < -0.39 is 0 Å².